The minimum absolute atomic E-state index is 0.257. The van der Waals surface area contributed by atoms with Crippen LogP contribution in [0.5, 0.6) is 0 Å². The van der Waals surface area contributed by atoms with E-state index in [-0.39, 0.29) is 6.04 Å². The van der Waals surface area contributed by atoms with E-state index < -0.39 is 0 Å². The molecule has 0 amide bonds. The minimum atomic E-state index is 0.257. The first kappa shape index (κ1) is 13.7. The molecule has 0 spiro atoms. The lowest BCUT2D eigenvalue weighted by atomic mass is 10.1. The highest BCUT2D eigenvalue weighted by atomic mass is 32.1. The molecule has 2 aromatic heterocycles. The van der Waals surface area contributed by atoms with Crippen molar-refractivity contribution in [2.75, 3.05) is 26.2 Å². The summed E-state index contributed by atoms with van der Waals surface area (Å²) in [6.45, 7) is 6.32. The highest BCUT2D eigenvalue weighted by Gasteiger charge is 2.26. The van der Waals surface area contributed by atoms with Gasteiger partial charge in [-0.2, -0.15) is 4.98 Å². The molecule has 0 radical (unpaired) electrons. The third kappa shape index (κ3) is 2.89. The SMILES string of the molecule is CCCC(c1noc(-c2cncs2)n1)N1CCNCC1. The van der Waals surface area contributed by atoms with E-state index in [1.54, 1.807) is 11.7 Å². The van der Waals surface area contributed by atoms with Crippen LogP contribution in [0.2, 0.25) is 0 Å². The summed E-state index contributed by atoms with van der Waals surface area (Å²) in [5.74, 6) is 1.39. The zero-order valence-corrected chi connectivity index (χ0v) is 12.4. The number of nitrogens with one attached hydrogen (secondary N) is 1. The van der Waals surface area contributed by atoms with E-state index in [1.165, 1.54) is 11.3 Å². The Bertz CT molecular complexity index is 521. The number of rotatable bonds is 5. The van der Waals surface area contributed by atoms with Crippen LogP contribution in [-0.2, 0) is 0 Å². The molecule has 20 heavy (non-hydrogen) atoms. The molecular formula is C13H19N5OS. The first-order valence-electron chi connectivity index (χ1n) is 7.05. The van der Waals surface area contributed by atoms with Gasteiger partial charge >= 0.3 is 0 Å². The molecule has 1 aliphatic rings. The monoisotopic (exact) mass is 293 g/mol. The number of piperazine rings is 1. The first-order chi connectivity index (χ1) is 9.88. The molecule has 0 saturated carbocycles. The van der Waals surface area contributed by atoms with Crippen molar-refractivity contribution >= 4 is 11.3 Å². The summed E-state index contributed by atoms with van der Waals surface area (Å²) < 4.78 is 5.39. The summed E-state index contributed by atoms with van der Waals surface area (Å²) in [4.78, 5) is 12.0. The molecule has 1 fully saturated rings. The largest absolute Gasteiger partial charge is 0.333 e. The van der Waals surface area contributed by atoms with Crippen LogP contribution < -0.4 is 5.32 Å². The highest BCUT2D eigenvalue weighted by molar-refractivity contribution is 7.13. The Morgan fingerprint density at radius 2 is 2.30 bits per heavy atom. The van der Waals surface area contributed by atoms with Gasteiger partial charge in [0.15, 0.2) is 5.82 Å². The van der Waals surface area contributed by atoms with E-state index in [9.17, 15) is 0 Å². The summed E-state index contributed by atoms with van der Waals surface area (Å²) in [5.41, 5.74) is 1.78. The van der Waals surface area contributed by atoms with Gasteiger partial charge in [0, 0.05) is 26.2 Å². The summed E-state index contributed by atoms with van der Waals surface area (Å²) in [6, 6.07) is 0.257. The Morgan fingerprint density at radius 3 is 3.00 bits per heavy atom. The smallest absolute Gasteiger partial charge is 0.269 e. The molecule has 1 saturated heterocycles. The molecular weight excluding hydrogens is 274 g/mol. The molecule has 108 valence electrons. The van der Waals surface area contributed by atoms with Crippen molar-refractivity contribution in [2.24, 2.45) is 0 Å². The van der Waals surface area contributed by atoms with Gasteiger partial charge in [-0.1, -0.05) is 18.5 Å². The van der Waals surface area contributed by atoms with Crippen LogP contribution in [-0.4, -0.2) is 46.2 Å². The van der Waals surface area contributed by atoms with Gasteiger partial charge in [0.1, 0.15) is 4.88 Å². The highest BCUT2D eigenvalue weighted by Crippen LogP contribution is 2.27. The molecule has 0 bridgehead atoms. The van der Waals surface area contributed by atoms with Crippen LogP contribution in [0.25, 0.3) is 10.8 Å². The van der Waals surface area contributed by atoms with Crippen molar-refractivity contribution in [3.63, 3.8) is 0 Å². The number of hydrogen-bond donors (Lipinski definition) is 1. The third-order valence-corrected chi connectivity index (χ3v) is 4.30. The summed E-state index contributed by atoms with van der Waals surface area (Å²) in [5, 5.41) is 7.58. The summed E-state index contributed by atoms with van der Waals surface area (Å²) >= 11 is 1.52. The van der Waals surface area contributed by atoms with E-state index in [0.29, 0.717) is 5.89 Å². The second-order valence-corrected chi connectivity index (χ2v) is 5.80. The maximum absolute atomic E-state index is 5.39. The van der Waals surface area contributed by atoms with Crippen LogP contribution in [0.15, 0.2) is 16.2 Å². The first-order valence-corrected chi connectivity index (χ1v) is 7.93. The Morgan fingerprint density at radius 1 is 1.45 bits per heavy atom. The quantitative estimate of drug-likeness (QED) is 0.908. The average molecular weight is 293 g/mol. The molecule has 7 heteroatoms. The van der Waals surface area contributed by atoms with Gasteiger partial charge in [-0.15, -0.1) is 11.3 Å². The molecule has 1 atom stereocenters. The van der Waals surface area contributed by atoms with Gasteiger partial charge in [-0.05, 0) is 6.42 Å². The third-order valence-electron chi connectivity index (χ3n) is 3.54. The molecule has 1 unspecified atom stereocenters. The molecule has 0 aromatic carbocycles. The second kappa shape index (κ2) is 6.43. The Balaban J connectivity index is 1.80. The van der Waals surface area contributed by atoms with Crippen molar-refractivity contribution in [3.8, 4) is 10.8 Å². The van der Waals surface area contributed by atoms with Crippen LogP contribution in [0, 0.1) is 0 Å². The van der Waals surface area contributed by atoms with Crippen molar-refractivity contribution in [1.29, 1.82) is 0 Å². The number of hydrogen-bond acceptors (Lipinski definition) is 7. The van der Waals surface area contributed by atoms with Crippen LogP contribution in [0.4, 0.5) is 0 Å². The van der Waals surface area contributed by atoms with Crippen LogP contribution in [0.1, 0.15) is 31.6 Å². The Kier molecular flexibility index (Phi) is 4.39. The molecule has 1 N–H and O–H groups in total. The molecule has 3 heterocycles. The molecule has 1 aliphatic heterocycles. The maximum Gasteiger partial charge on any atom is 0.269 e. The van der Waals surface area contributed by atoms with Crippen molar-refractivity contribution in [3.05, 3.63) is 17.5 Å². The standard InChI is InChI=1S/C13H19N5OS/c1-2-3-10(18-6-4-14-5-7-18)12-16-13(19-17-12)11-8-15-9-20-11/h8-10,14H,2-7H2,1H3. The van der Waals surface area contributed by atoms with Gasteiger partial charge in [0.05, 0.1) is 17.7 Å². The summed E-state index contributed by atoms with van der Waals surface area (Å²) in [7, 11) is 0. The lowest BCUT2D eigenvalue weighted by Gasteiger charge is -2.33. The van der Waals surface area contributed by atoms with Crippen molar-refractivity contribution < 1.29 is 4.52 Å². The van der Waals surface area contributed by atoms with Gasteiger partial charge in [-0.3, -0.25) is 9.88 Å². The van der Waals surface area contributed by atoms with Crippen LogP contribution >= 0.6 is 11.3 Å². The molecule has 2 aromatic rings. The van der Waals surface area contributed by atoms with E-state index in [1.807, 2.05) is 0 Å². The number of thiazole rings is 1. The topological polar surface area (TPSA) is 67.1 Å². The minimum Gasteiger partial charge on any atom is -0.333 e. The maximum atomic E-state index is 5.39. The van der Waals surface area contributed by atoms with E-state index in [0.717, 1.165) is 49.7 Å². The molecule has 6 nitrogen and oxygen atoms in total. The fraction of sp³-hybridized carbons (Fsp3) is 0.615. The van der Waals surface area contributed by atoms with Gasteiger partial charge in [0.2, 0.25) is 0 Å². The predicted octanol–water partition coefficient (Wildman–Crippen LogP) is 1.94. The lowest BCUT2D eigenvalue weighted by Crippen LogP contribution is -2.45. The normalized spacial score (nSPS) is 18.2. The predicted molar refractivity (Wildman–Crippen MR) is 77.5 cm³/mol. The lowest BCUT2D eigenvalue weighted by molar-refractivity contribution is 0.155. The number of aromatic nitrogens is 3. The van der Waals surface area contributed by atoms with E-state index in [4.69, 9.17) is 4.52 Å². The Hall–Kier alpha value is -1.31. The molecule has 3 rings (SSSR count). The van der Waals surface area contributed by atoms with Crippen LogP contribution in [0.3, 0.4) is 0 Å². The fourth-order valence-electron chi connectivity index (χ4n) is 2.53. The van der Waals surface area contributed by atoms with Gasteiger partial charge in [0.25, 0.3) is 5.89 Å². The Labute approximate surface area is 122 Å². The fourth-order valence-corrected chi connectivity index (χ4v) is 3.07. The molecule has 0 aliphatic carbocycles. The average Bonchev–Trinajstić information content (AvgIpc) is 3.16. The second-order valence-electron chi connectivity index (χ2n) is 4.91. The van der Waals surface area contributed by atoms with Gasteiger partial charge in [-0.25, -0.2) is 0 Å². The van der Waals surface area contributed by atoms with E-state index >= 15 is 0 Å². The van der Waals surface area contributed by atoms with Gasteiger partial charge < -0.3 is 9.84 Å². The zero-order valence-electron chi connectivity index (χ0n) is 11.6. The van der Waals surface area contributed by atoms with Crippen molar-refractivity contribution in [1.82, 2.24) is 25.3 Å². The van der Waals surface area contributed by atoms with E-state index in [2.05, 4.69) is 32.3 Å². The zero-order chi connectivity index (χ0) is 13.8. The summed E-state index contributed by atoms with van der Waals surface area (Å²) in [6.07, 6.45) is 3.93. The number of nitrogens with zero attached hydrogens (tertiary/aromatic N) is 4. The van der Waals surface area contributed by atoms with Crippen molar-refractivity contribution in [2.45, 2.75) is 25.8 Å².